The number of nitrogens with zero attached hydrogens (tertiary/aromatic N) is 1. The van der Waals surface area contributed by atoms with Gasteiger partial charge in [0.05, 0.1) is 0 Å². The van der Waals surface area contributed by atoms with Gasteiger partial charge in [-0.1, -0.05) is 43.0 Å². The first-order chi connectivity index (χ1) is 17.9. The van der Waals surface area contributed by atoms with Crippen LogP contribution in [0.5, 0.6) is 29.0 Å². The molecule has 0 bridgehead atoms. The molecular weight excluding hydrogens is 482 g/mol. The van der Waals surface area contributed by atoms with Gasteiger partial charge in [-0.05, 0) is 47.0 Å². The number of aromatic carboxylic acids is 1. The molecule has 0 radical (unpaired) electrons. The lowest BCUT2D eigenvalue weighted by Crippen LogP contribution is -2.04. The maximum Gasteiger partial charge on any atom is 0.339 e. The first-order valence-electron chi connectivity index (χ1n) is 11.1. The van der Waals surface area contributed by atoms with Crippen molar-refractivity contribution in [1.29, 1.82) is 0 Å². The lowest BCUT2D eigenvalue weighted by atomic mass is 10.0. The number of pyridine rings is 1. The van der Waals surface area contributed by atoms with Crippen molar-refractivity contribution in [3.63, 3.8) is 0 Å². The topological polar surface area (TPSA) is 104 Å². The van der Waals surface area contributed by atoms with E-state index in [-0.39, 0.29) is 29.4 Å². The number of hydrogen-bond acceptors (Lipinski definition) is 6. The summed E-state index contributed by atoms with van der Waals surface area (Å²) < 4.78 is 45.6. The highest BCUT2D eigenvalue weighted by Gasteiger charge is 2.20. The lowest BCUT2D eigenvalue weighted by Gasteiger charge is -2.13. The summed E-state index contributed by atoms with van der Waals surface area (Å²) in [5.41, 5.74) is 8.06. The molecule has 0 saturated heterocycles. The maximum absolute atomic E-state index is 14.6. The third kappa shape index (κ3) is 6.09. The number of ether oxygens (including phenoxy) is 3. The second-order valence-corrected chi connectivity index (χ2v) is 7.76. The summed E-state index contributed by atoms with van der Waals surface area (Å²) in [6.07, 6.45) is 1.50. The fourth-order valence-corrected chi connectivity index (χ4v) is 3.42. The van der Waals surface area contributed by atoms with Crippen LogP contribution in [0.15, 0.2) is 85.5 Å². The van der Waals surface area contributed by atoms with Gasteiger partial charge in [-0.3, -0.25) is 0 Å². The van der Waals surface area contributed by atoms with Crippen molar-refractivity contribution in [3.8, 4) is 40.1 Å². The molecule has 4 aromatic rings. The van der Waals surface area contributed by atoms with Crippen molar-refractivity contribution in [3.05, 3.63) is 108 Å². The van der Waals surface area contributed by atoms with Gasteiger partial charge in [0, 0.05) is 18.7 Å². The van der Waals surface area contributed by atoms with Crippen LogP contribution in [0.1, 0.15) is 15.9 Å². The fraction of sp³-hybridized carbons (Fsp3) is 0.0714. The molecule has 3 aromatic carbocycles. The van der Waals surface area contributed by atoms with Crippen LogP contribution in [-0.4, -0.2) is 22.7 Å². The Hall–Kier alpha value is -4.76. The molecule has 0 aliphatic rings. The number of aromatic nitrogens is 1. The predicted molar refractivity (Wildman–Crippen MR) is 133 cm³/mol. The molecule has 37 heavy (non-hydrogen) atoms. The van der Waals surface area contributed by atoms with Crippen LogP contribution in [0.3, 0.4) is 0 Å². The van der Waals surface area contributed by atoms with E-state index in [2.05, 4.69) is 11.6 Å². The molecule has 3 N–H and O–H groups in total. The van der Waals surface area contributed by atoms with Gasteiger partial charge in [-0.2, -0.15) is 4.98 Å². The van der Waals surface area contributed by atoms with Crippen LogP contribution in [0.2, 0.25) is 0 Å². The Bertz CT molecular complexity index is 1460. The van der Waals surface area contributed by atoms with E-state index >= 15 is 0 Å². The summed E-state index contributed by atoms with van der Waals surface area (Å²) >= 11 is 0. The molecule has 0 aliphatic carbocycles. The largest absolute Gasteiger partial charge is 0.489 e. The number of benzene rings is 3. The highest BCUT2D eigenvalue weighted by atomic mass is 19.1. The molecule has 188 valence electrons. The zero-order valence-corrected chi connectivity index (χ0v) is 19.5. The molecule has 1 aromatic heterocycles. The van der Waals surface area contributed by atoms with E-state index < -0.39 is 29.4 Å². The van der Waals surface area contributed by atoms with Crippen LogP contribution >= 0.6 is 0 Å². The Morgan fingerprint density at radius 1 is 0.919 bits per heavy atom. The minimum Gasteiger partial charge on any atom is -0.489 e. The van der Waals surface area contributed by atoms with Crippen LogP contribution in [0.25, 0.3) is 11.1 Å². The first kappa shape index (κ1) is 25.3. The maximum atomic E-state index is 14.6. The summed E-state index contributed by atoms with van der Waals surface area (Å²) in [6, 6.07) is 18.9. The van der Waals surface area contributed by atoms with E-state index in [0.29, 0.717) is 12.6 Å². The second-order valence-electron chi connectivity index (χ2n) is 7.76. The van der Waals surface area contributed by atoms with Crippen molar-refractivity contribution < 1.29 is 32.9 Å². The molecule has 7 nitrogen and oxygen atoms in total. The summed E-state index contributed by atoms with van der Waals surface area (Å²) in [6.45, 7) is 4.08. The average molecular weight is 504 g/mol. The van der Waals surface area contributed by atoms with E-state index in [4.69, 9.17) is 19.9 Å². The molecule has 0 unspecified atom stereocenters. The zero-order chi connectivity index (χ0) is 26.4. The fourth-order valence-electron chi connectivity index (χ4n) is 3.42. The van der Waals surface area contributed by atoms with Gasteiger partial charge in [0.25, 0.3) is 11.8 Å². The second kappa shape index (κ2) is 11.3. The molecule has 0 spiro atoms. The Labute approximate surface area is 211 Å². The van der Waals surface area contributed by atoms with Gasteiger partial charge < -0.3 is 25.1 Å². The van der Waals surface area contributed by atoms with Crippen molar-refractivity contribution >= 4 is 5.97 Å². The summed E-state index contributed by atoms with van der Waals surface area (Å²) in [4.78, 5) is 15.5. The minimum absolute atomic E-state index is 0.155. The number of carbonyl (C=O) groups is 1. The predicted octanol–water partition coefficient (Wildman–Crippen LogP) is 6.33. The van der Waals surface area contributed by atoms with Gasteiger partial charge in [-0.25, -0.2) is 13.6 Å². The van der Waals surface area contributed by atoms with Gasteiger partial charge in [0.1, 0.15) is 29.4 Å². The average Bonchev–Trinajstić information content (AvgIpc) is 2.90. The van der Waals surface area contributed by atoms with Gasteiger partial charge in [0.2, 0.25) is 0 Å². The normalized spacial score (nSPS) is 10.6. The van der Waals surface area contributed by atoms with Crippen LogP contribution < -0.4 is 19.9 Å². The van der Waals surface area contributed by atoms with Gasteiger partial charge in [0.15, 0.2) is 11.6 Å². The van der Waals surface area contributed by atoms with E-state index in [1.54, 1.807) is 18.2 Å². The molecule has 0 fully saturated rings. The Morgan fingerprint density at radius 2 is 1.62 bits per heavy atom. The SMILES string of the molecule is C=CCOc1ccc(C(=O)O)c(Oc2nc(Oc3cccc(-c4cccc(CN)c4)c3)c(F)cc2F)c1. The van der Waals surface area contributed by atoms with Crippen LogP contribution in [0.4, 0.5) is 8.78 Å². The minimum atomic E-state index is -1.32. The van der Waals surface area contributed by atoms with Crippen molar-refractivity contribution in [2.75, 3.05) is 6.61 Å². The lowest BCUT2D eigenvalue weighted by molar-refractivity contribution is 0.0694. The van der Waals surface area contributed by atoms with E-state index in [9.17, 15) is 18.7 Å². The molecule has 0 aliphatic heterocycles. The number of hydrogen-bond donors (Lipinski definition) is 2. The number of nitrogens with two attached hydrogens (primary N) is 1. The third-order valence-electron chi connectivity index (χ3n) is 5.17. The number of carboxylic acids is 1. The summed E-state index contributed by atoms with van der Waals surface area (Å²) in [7, 11) is 0. The van der Waals surface area contributed by atoms with E-state index in [1.807, 2.05) is 30.3 Å². The van der Waals surface area contributed by atoms with E-state index in [1.165, 1.54) is 24.3 Å². The van der Waals surface area contributed by atoms with E-state index in [0.717, 1.165) is 16.7 Å². The monoisotopic (exact) mass is 504 g/mol. The molecule has 9 heteroatoms. The Balaban J connectivity index is 1.64. The molecule has 1 heterocycles. The Morgan fingerprint density at radius 3 is 2.32 bits per heavy atom. The Kier molecular flexibility index (Phi) is 7.75. The van der Waals surface area contributed by atoms with Crippen molar-refractivity contribution in [2.24, 2.45) is 5.73 Å². The molecule has 0 amide bonds. The quantitative estimate of drug-likeness (QED) is 0.243. The number of halogens is 2. The van der Waals surface area contributed by atoms with Gasteiger partial charge in [-0.15, -0.1) is 0 Å². The van der Waals surface area contributed by atoms with Crippen molar-refractivity contribution in [1.82, 2.24) is 4.98 Å². The van der Waals surface area contributed by atoms with Gasteiger partial charge >= 0.3 is 5.97 Å². The third-order valence-corrected chi connectivity index (χ3v) is 5.17. The number of carboxylic acid groups (broad SMARTS) is 1. The highest BCUT2D eigenvalue weighted by molar-refractivity contribution is 5.91. The number of rotatable bonds is 10. The molecular formula is C28H22F2N2O5. The summed E-state index contributed by atoms with van der Waals surface area (Å²) in [5, 5.41) is 9.48. The van der Waals surface area contributed by atoms with Crippen LogP contribution in [-0.2, 0) is 6.54 Å². The standard InChI is InChI=1S/C28H22F2N2O5/c1-2-11-35-20-9-10-22(28(33)34)25(14-20)37-27-24(30)15-23(29)26(32-27)36-21-8-4-7-19(13-21)18-6-3-5-17(12-18)16-31/h2-10,12-15H,1,11,16,31H2,(H,33,34). The molecule has 0 atom stereocenters. The molecule has 4 rings (SSSR count). The zero-order valence-electron chi connectivity index (χ0n) is 19.5. The highest BCUT2D eigenvalue weighted by Crippen LogP contribution is 2.34. The van der Waals surface area contributed by atoms with Crippen LogP contribution in [0, 0.1) is 11.6 Å². The first-order valence-corrected chi connectivity index (χ1v) is 11.1. The smallest absolute Gasteiger partial charge is 0.339 e. The summed E-state index contributed by atoms with van der Waals surface area (Å²) in [5.74, 6) is -4.51. The molecule has 0 saturated carbocycles. The van der Waals surface area contributed by atoms with Crippen molar-refractivity contribution in [2.45, 2.75) is 6.54 Å².